The van der Waals surface area contributed by atoms with Crippen molar-refractivity contribution in [3.63, 3.8) is 0 Å². The van der Waals surface area contributed by atoms with E-state index in [4.69, 9.17) is 5.11 Å². The van der Waals surface area contributed by atoms with Crippen LogP contribution in [0.25, 0.3) is 0 Å². The van der Waals surface area contributed by atoms with Crippen LogP contribution >= 0.6 is 0 Å². The molecule has 0 aliphatic heterocycles. The molecule has 0 unspecified atom stereocenters. The van der Waals surface area contributed by atoms with Gasteiger partial charge in [0, 0.05) is 0 Å². The van der Waals surface area contributed by atoms with Crippen LogP contribution in [0.5, 0.6) is 0 Å². The molecule has 0 aromatic rings. The van der Waals surface area contributed by atoms with Crippen molar-refractivity contribution in [2.45, 2.75) is 0 Å². The van der Waals surface area contributed by atoms with Crippen LogP contribution in [0.15, 0.2) is 18.4 Å². The maximum Gasteiger partial charge on any atom is 0.0686 e. The summed E-state index contributed by atoms with van der Waals surface area (Å²) in [4.78, 5) is 0. The van der Waals surface area contributed by atoms with E-state index < -0.39 is 0 Å². The molecule has 0 atom stereocenters. The van der Waals surface area contributed by atoms with Crippen molar-refractivity contribution in [1.29, 1.82) is 0 Å². The summed E-state index contributed by atoms with van der Waals surface area (Å²) in [5.74, 6) is 0. The lowest BCUT2D eigenvalue weighted by Gasteiger charge is -1.61. The largest absolute Gasteiger partial charge is 0.392 e. The number of aliphatic hydroxyl groups is 1. The molecule has 0 fully saturated rings. The average Bonchev–Trinajstić information content (AvgIpc) is 1.41. The van der Waals surface area contributed by atoms with Crippen LogP contribution in [0.3, 0.4) is 0 Å². The fourth-order valence-electron chi connectivity index (χ4n) is 0.0645. The van der Waals surface area contributed by atoms with Crippen LogP contribution in [-0.4, -0.2) is 11.7 Å². The molecule has 0 aromatic heterocycles. The first-order chi connectivity index (χ1) is 2.41. The molecular formula is C4H6O. The highest BCUT2D eigenvalue weighted by molar-refractivity contribution is 4.72. The van der Waals surface area contributed by atoms with Crippen LogP contribution in [0.4, 0.5) is 0 Å². The maximum absolute atomic E-state index is 7.91. The first-order valence-corrected chi connectivity index (χ1v) is 1.37. The Labute approximate surface area is 31.2 Å². The van der Waals surface area contributed by atoms with Gasteiger partial charge in [0.25, 0.3) is 0 Å². The van der Waals surface area contributed by atoms with Gasteiger partial charge in [0.05, 0.1) is 6.61 Å². The van der Waals surface area contributed by atoms with E-state index >= 15 is 0 Å². The van der Waals surface area contributed by atoms with Crippen molar-refractivity contribution < 1.29 is 5.11 Å². The predicted octanol–water partition coefficient (Wildman–Crippen LogP) is 0.320. The van der Waals surface area contributed by atoms with Crippen molar-refractivity contribution in [2.75, 3.05) is 6.61 Å². The number of hydrogen-bond donors (Lipinski definition) is 1. The van der Waals surface area contributed by atoms with E-state index in [1.54, 1.807) is 0 Å². The molecule has 0 spiro atoms. The highest BCUT2D eigenvalue weighted by Crippen LogP contribution is 1.52. The molecule has 0 aromatic carbocycles. The summed E-state index contributed by atoms with van der Waals surface area (Å²) in [6.45, 7) is 3.26. The molecule has 5 heavy (non-hydrogen) atoms. The molecule has 0 aliphatic carbocycles. The summed E-state index contributed by atoms with van der Waals surface area (Å²) >= 11 is 0. The Kier molecular flexibility index (Phi) is 3.12. The predicted molar refractivity (Wildman–Crippen MR) is 20.8 cm³/mol. The van der Waals surface area contributed by atoms with Gasteiger partial charge < -0.3 is 5.11 Å². The molecule has 0 bridgehead atoms. The van der Waals surface area contributed by atoms with Crippen molar-refractivity contribution in [3.05, 3.63) is 18.4 Å². The Morgan fingerprint density at radius 2 is 2.60 bits per heavy atom. The lowest BCUT2D eigenvalue weighted by atomic mass is 10.7. The molecule has 0 aliphatic rings. The summed E-state index contributed by atoms with van der Waals surface area (Å²) in [6, 6.07) is 0. The van der Waals surface area contributed by atoms with Gasteiger partial charge in [-0.05, 0) is 6.08 Å². The van der Waals surface area contributed by atoms with Gasteiger partial charge >= 0.3 is 0 Å². The second-order valence-corrected chi connectivity index (χ2v) is 0.591. The molecule has 1 heteroatoms. The van der Waals surface area contributed by atoms with Crippen LogP contribution in [-0.2, 0) is 0 Å². The number of aliphatic hydroxyl groups excluding tert-OH is 1. The Morgan fingerprint density at radius 1 is 2.00 bits per heavy atom. The highest BCUT2D eigenvalue weighted by Gasteiger charge is 1.49. The molecular weight excluding hydrogens is 64.0 g/mol. The van der Waals surface area contributed by atoms with Crippen molar-refractivity contribution in [2.24, 2.45) is 0 Å². The van der Waals surface area contributed by atoms with Gasteiger partial charge in [-0.1, -0.05) is 6.58 Å². The molecule has 1 N–H and O–H groups in total. The molecule has 0 radical (unpaired) electrons. The maximum atomic E-state index is 7.91. The normalized spacial score (nSPS) is 5.80. The molecule has 1 nitrogen and oxygen atoms in total. The van der Waals surface area contributed by atoms with Gasteiger partial charge in [-0.25, -0.2) is 0 Å². The smallest absolute Gasteiger partial charge is 0.0686 e. The van der Waals surface area contributed by atoms with E-state index in [2.05, 4.69) is 12.3 Å². The van der Waals surface area contributed by atoms with Crippen molar-refractivity contribution in [3.8, 4) is 0 Å². The minimum atomic E-state index is 0.0451. The molecule has 0 rings (SSSR count). The van der Waals surface area contributed by atoms with E-state index in [0.717, 1.165) is 0 Å². The zero-order valence-electron chi connectivity index (χ0n) is 2.94. The van der Waals surface area contributed by atoms with Gasteiger partial charge in [-0.3, -0.25) is 0 Å². The summed E-state index contributed by atoms with van der Waals surface area (Å²) in [7, 11) is 0. The Morgan fingerprint density at radius 3 is 2.60 bits per heavy atom. The SMILES string of the molecule is C=C=CCO. The van der Waals surface area contributed by atoms with Crippen LogP contribution < -0.4 is 0 Å². The van der Waals surface area contributed by atoms with E-state index in [1.165, 1.54) is 6.08 Å². The first kappa shape index (κ1) is 4.48. The third kappa shape index (κ3) is 3.48. The topological polar surface area (TPSA) is 20.2 Å². The Balaban J connectivity index is 2.93. The van der Waals surface area contributed by atoms with Gasteiger partial charge in [0.2, 0.25) is 0 Å². The molecule has 28 valence electrons. The molecule has 0 heterocycles. The van der Waals surface area contributed by atoms with Crippen molar-refractivity contribution in [1.82, 2.24) is 0 Å². The lowest BCUT2D eigenvalue weighted by Crippen LogP contribution is -1.63. The number of rotatable bonds is 1. The van der Waals surface area contributed by atoms with E-state index in [0.29, 0.717) is 0 Å². The average molecular weight is 70.1 g/mol. The lowest BCUT2D eigenvalue weighted by molar-refractivity contribution is 0.343. The fraction of sp³-hybridized carbons (Fsp3) is 0.250. The quantitative estimate of drug-likeness (QED) is 0.440. The minimum absolute atomic E-state index is 0.0451. The highest BCUT2D eigenvalue weighted by atomic mass is 16.2. The van der Waals surface area contributed by atoms with Crippen LogP contribution in [0.2, 0.25) is 0 Å². The van der Waals surface area contributed by atoms with Gasteiger partial charge in [-0.2, -0.15) is 0 Å². The standard InChI is InChI=1S/C4H6O/c1-2-3-4-5/h3,5H,1,4H2. The van der Waals surface area contributed by atoms with Gasteiger partial charge in [0.15, 0.2) is 0 Å². The zero-order chi connectivity index (χ0) is 4.12. The summed E-state index contributed by atoms with van der Waals surface area (Å²) < 4.78 is 0. The molecule has 0 amide bonds. The van der Waals surface area contributed by atoms with E-state index in [1.807, 2.05) is 0 Å². The minimum Gasteiger partial charge on any atom is -0.392 e. The van der Waals surface area contributed by atoms with Gasteiger partial charge in [-0.15, -0.1) is 5.73 Å². The number of hydrogen-bond acceptors (Lipinski definition) is 1. The Bertz CT molecular complexity index is 50.7. The monoisotopic (exact) mass is 70.0 g/mol. The third-order valence-corrected chi connectivity index (χ3v) is 0.236. The summed E-state index contributed by atoms with van der Waals surface area (Å²) in [6.07, 6.45) is 1.44. The first-order valence-electron chi connectivity index (χ1n) is 1.37. The third-order valence-electron chi connectivity index (χ3n) is 0.236. The zero-order valence-corrected chi connectivity index (χ0v) is 2.94. The summed E-state index contributed by atoms with van der Waals surface area (Å²) in [5, 5.41) is 7.91. The fourth-order valence-corrected chi connectivity index (χ4v) is 0.0645. The molecule has 0 saturated heterocycles. The van der Waals surface area contributed by atoms with Gasteiger partial charge in [0.1, 0.15) is 0 Å². The Hall–Kier alpha value is -0.520. The van der Waals surface area contributed by atoms with Crippen molar-refractivity contribution >= 4 is 0 Å². The second kappa shape index (κ2) is 3.48. The summed E-state index contributed by atoms with van der Waals surface area (Å²) in [5.41, 5.74) is 2.39. The van der Waals surface area contributed by atoms with Crippen LogP contribution in [0.1, 0.15) is 0 Å². The van der Waals surface area contributed by atoms with E-state index in [9.17, 15) is 0 Å². The van der Waals surface area contributed by atoms with Crippen LogP contribution in [0, 0.1) is 0 Å². The molecule has 0 saturated carbocycles. The van der Waals surface area contributed by atoms with E-state index in [-0.39, 0.29) is 6.61 Å². The second-order valence-electron chi connectivity index (χ2n) is 0.591.